The zero-order chi connectivity index (χ0) is 14.5. The summed E-state index contributed by atoms with van der Waals surface area (Å²) in [6.45, 7) is 0.119. The molecule has 0 saturated heterocycles. The minimum absolute atomic E-state index is 0.0796. The van der Waals surface area contributed by atoms with Gasteiger partial charge in [-0.3, -0.25) is 0 Å². The molecule has 2 aromatic rings. The van der Waals surface area contributed by atoms with E-state index >= 15 is 0 Å². The number of halogens is 1. The van der Waals surface area contributed by atoms with Gasteiger partial charge in [-0.15, -0.1) is 0 Å². The van der Waals surface area contributed by atoms with E-state index in [2.05, 4.69) is 0 Å². The quantitative estimate of drug-likeness (QED) is 0.812. The Kier molecular flexibility index (Phi) is 4.36. The number of hydrogen-bond acceptors (Lipinski definition) is 4. The van der Waals surface area contributed by atoms with Gasteiger partial charge in [0.15, 0.2) is 11.6 Å². The largest absolute Gasteiger partial charge is 0.488 e. The number of nitriles is 1. The van der Waals surface area contributed by atoms with Crippen LogP contribution < -0.4 is 10.2 Å². The first-order chi connectivity index (χ1) is 9.61. The van der Waals surface area contributed by atoms with E-state index in [1.165, 1.54) is 6.07 Å². The van der Waals surface area contributed by atoms with Crippen LogP contribution in [-0.2, 0) is 6.61 Å². The van der Waals surface area contributed by atoms with Crippen LogP contribution in [0, 0.1) is 17.1 Å². The molecule has 0 aromatic heterocycles. The summed E-state index contributed by atoms with van der Waals surface area (Å²) in [6.07, 6.45) is 0. The summed E-state index contributed by atoms with van der Waals surface area (Å²) >= 11 is 0. The first-order valence-corrected chi connectivity index (χ1v) is 5.88. The summed E-state index contributed by atoms with van der Waals surface area (Å²) in [7, 11) is -1.83. The van der Waals surface area contributed by atoms with Crippen LogP contribution in [0.3, 0.4) is 0 Å². The predicted molar refractivity (Wildman–Crippen MR) is 71.7 cm³/mol. The predicted octanol–water partition coefficient (Wildman–Crippen LogP) is 0.956. The first kappa shape index (κ1) is 14.1. The Morgan fingerprint density at radius 1 is 1.20 bits per heavy atom. The van der Waals surface area contributed by atoms with Gasteiger partial charge in [-0.1, -0.05) is 30.3 Å². The van der Waals surface area contributed by atoms with Gasteiger partial charge in [0.2, 0.25) is 0 Å². The molecule has 2 rings (SSSR count). The molecule has 2 N–H and O–H groups in total. The number of rotatable bonds is 4. The lowest BCUT2D eigenvalue weighted by atomic mass is 9.79. The fraction of sp³-hybridized carbons (Fsp3) is 0.0714. The van der Waals surface area contributed by atoms with Crippen LogP contribution in [0.15, 0.2) is 42.5 Å². The normalized spacial score (nSPS) is 9.90. The third kappa shape index (κ3) is 3.15. The van der Waals surface area contributed by atoms with E-state index in [1.807, 2.05) is 30.3 Å². The maximum absolute atomic E-state index is 13.9. The van der Waals surface area contributed by atoms with Gasteiger partial charge < -0.3 is 14.8 Å². The van der Waals surface area contributed by atoms with Gasteiger partial charge in [0, 0.05) is 0 Å². The van der Waals surface area contributed by atoms with Gasteiger partial charge in [0.1, 0.15) is 12.7 Å². The van der Waals surface area contributed by atoms with Crippen molar-refractivity contribution in [2.75, 3.05) is 0 Å². The Bertz CT molecular complexity index is 641. The highest BCUT2D eigenvalue weighted by Crippen LogP contribution is 2.22. The van der Waals surface area contributed by atoms with Gasteiger partial charge >= 0.3 is 7.12 Å². The summed E-state index contributed by atoms with van der Waals surface area (Å²) in [4.78, 5) is 0. The molecule has 0 atom stereocenters. The Hall–Kier alpha value is -2.36. The number of nitrogens with zero attached hydrogens (tertiary/aromatic N) is 1. The van der Waals surface area contributed by atoms with Crippen molar-refractivity contribution in [1.29, 1.82) is 5.26 Å². The fourth-order valence-electron chi connectivity index (χ4n) is 1.72. The molecule has 0 unspecified atom stereocenters. The monoisotopic (exact) mass is 271 g/mol. The molecule has 0 radical (unpaired) electrons. The maximum Gasteiger partial charge on any atom is 0.488 e. The van der Waals surface area contributed by atoms with Crippen LogP contribution in [0.4, 0.5) is 4.39 Å². The lowest BCUT2D eigenvalue weighted by molar-refractivity contribution is 0.289. The van der Waals surface area contributed by atoms with Crippen molar-refractivity contribution in [3.05, 3.63) is 59.4 Å². The highest BCUT2D eigenvalue weighted by atomic mass is 19.1. The van der Waals surface area contributed by atoms with Crippen LogP contribution in [0.25, 0.3) is 0 Å². The highest BCUT2D eigenvalue weighted by Gasteiger charge is 2.18. The van der Waals surface area contributed by atoms with Crippen molar-refractivity contribution in [2.45, 2.75) is 6.61 Å². The van der Waals surface area contributed by atoms with Crippen LogP contribution in [0.1, 0.15) is 11.1 Å². The minimum Gasteiger partial charge on any atom is -0.484 e. The molecule has 0 fully saturated rings. The third-order valence-electron chi connectivity index (χ3n) is 2.71. The molecule has 20 heavy (non-hydrogen) atoms. The minimum atomic E-state index is -1.83. The van der Waals surface area contributed by atoms with Crippen molar-refractivity contribution >= 4 is 12.6 Å². The zero-order valence-electron chi connectivity index (χ0n) is 10.5. The van der Waals surface area contributed by atoms with Crippen molar-refractivity contribution in [2.24, 2.45) is 0 Å². The summed E-state index contributed by atoms with van der Waals surface area (Å²) in [6, 6.07) is 13.0. The van der Waals surface area contributed by atoms with E-state index in [0.717, 1.165) is 11.6 Å². The first-order valence-electron chi connectivity index (χ1n) is 5.88. The van der Waals surface area contributed by atoms with E-state index in [4.69, 9.17) is 20.0 Å². The molecule has 4 nitrogen and oxygen atoms in total. The molecular formula is C14H11BFNO3. The third-order valence-corrected chi connectivity index (χ3v) is 2.71. The average molecular weight is 271 g/mol. The second-order valence-corrected chi connectivity index (χ2v) is 4.14. The van der Waals surface area contributed by atoms with Crippen LogP contribution >= 0.6 is 0 Å². The average Bonchev–Trinajstić information content (AvgIpc) is 2.46. The molecule has 0 heterocycles. The smallest absolute Gasteiger partial charge is 0.484 e. The van der Waals surface area contributed by atoms with E-state index in [0.29, 0.717) is 0 Å². The Balaban J connectivity index is 2.26. The molecule has 2 aromatic carbocycles. The van der Waals surface area contributed by atoms with E-state index < -0.39 is 12.9 Å². The molecule has 0 aliphatic carbocycles. The second kappa shape index (κ2) is 6.19. The number of benzene rings is 2. The summed E-state index contributed by atoms with van der Waals surface area (Å²) in [5, 5.41) is 27.0. The lowest BCUT2D eigenvalue weighted by Gasteiger charge is -2.10. The molecule has 0 aliphatic rings. The van der Waals surface area contributed by atoms with Crippen LogP contribution in [-0.4, -0.2) is 17.2 Å². The molecule has 6 heteroatoms. The Morgan fingerprint density at radius 3 is 2.50 bits per heavy atom. The van der Waals surface area contributed by atoms with Crippen molar-refractivity contribution in [3.63, 3.8) is 0 Å². The maximum atomic E-state index is 13.9. The van der Waals surface area contributed by atoms with Crippen LogP contribution in [0.5, 0.6) is 5.75 Å². The second-order valence-electron chi connectivity index (χ2n) is 4.14. The van der Waals surface area contributed by atoms with Gasteiger partial charge in [-0.2, -0.15) is 5.26 Å². The van der Waals surface area contributed by atoms with Crippen molar-refractivity contribution < 1.29 is 19.2 Å². The highest BCUT2D eigenvalue weighted by molar-refractivity contribution is 6.58. The Labute approximate surface area is 115 Å². The zero-order valence-corrected chi connectivity index (χ0v) is 10.5. The Morgan fingerprint density at radius 2 is 1.90 bits per heavy atom. The van der Waals surface area contributed by atoms with Crippen molar-refractivity contribution in [1.82, 2.24) is 0 Å². The summed E-state index contributed by atoms with van der Waals surface area (Å²) in [5.74, 6) is -0.996. The molecule has 100 valence electrons. The van der Waals surface area contributed by atoms with Crippen LogP contribution in [0.2, 0.25) is 0 Å². The fourth-order valence-corrected chi connectivity index (χ4v) is 1.72. The van der Waals surface area contributed by atoms with Crippen molar-refractivity contribution in [3.8, 4) is 11.8 Å². The molecular weight excluding hydrogens is 260 g/mol. The standard InChI is InChI=1S/C14H11BFNO3/c16-13-7-12(15(18)19)6-11(8-17)14(13)20-9-10-4-2-1-3-5-10/h1-7,18-19H,9H2. The van der Waals surface area contributed by atoms with Gasteiger partial charge in [0.25, 0.3) is 0 Å². The van der Waals surface area contributed by atoms with E-state index in [1.54, 1.807) is 6.07 Å². The molecule has 0 bridgehead atoms. The van der Waals surface area contributed by atoms with E-state index in [9.17, 15) is 4.39 Å². The lowest BCUT2D eigenvalue weighted by Crippen LogP contribution is -2.30. The van der Waals surface area contributed by atoms with Gasteiger partial charge in [-0.05, 0) is 23.2 Å². The molecule has 0 amide bonds. The number of hydrogen-bond donors (Lipinski definition) is 2. The molecule has 0 spiro atoms. The SMILES string of the molecule is N#Cc1cc(B(O)O)cc(F)c1OCc1ccccc1. The number of ether oxygens (including phenoxy) is 1. The van der Waals surface area contributed by atoms with E-state index in [-0.39, 0.29) is 23.4 Å². The topological polar surface area (TPSA) is 73.5 Å². The van der Waals surface area contributed by atoms with Gasteiger partial charge in [-0.25, -0.2) is 4.39 Å². The summed E-state index contributed by atoms with van der Waals surface area (Å²) < 4.78 is 19.2. The molecule has 0 saturated carbocycles. The summed E-state index contributed by atoms with van der Waals surface area (Å²) in [5.41, 5.74) is 0.664. The van der Waals surface area contributed by atoms with Gasteiger partial charge in [0.05, 0.1) is 5.56 Å². The molecule has 0 aliphatic heterocycles.